The molecule has 0 aliphatic heterocycles. The first-order chi connectivity index (χ1) is 16.6. The summed E-state index contributed by atoms with van der Waals surface area (Å²) >= 11 is 3.48. The molecule has 0 unspecified atom stereocenters. The van der Waals surface area contributed by atoms with E-state index in [4.69, 9.17) is 0 Å². The fourth-order valence-electron chi connectivity index (χ4n) is 5.74. The SMILES string of the molecule is CCCCCCC1(CCCCCC)c2ccccc2-c2ccc(C(=O)c3ccc(Br)cc3)cc21. The number of fused-ring (bicyclic) bond motifs is 3. The molecule has 0 atom stereocenters. The Bertz CT molecular complexity index is 1100. The molecule has 0 saturated carbocycles. The zero-order valence-electron chi connectivity index (χ0n) is 20.7. The second kappa shape index (κ2) is 11.5. The molecule has 1 nitrogen and oxygen atoms in total. The van der Waals surface area contributed by atoms with Gasteiger partial charge in [-0.25, -0.2) is 0 Å². The predicted octanol–water partition coefficient (Wildman–Crippen LogP) is 9.89. The maximum Gasteiger partial charge on any atom is 0.193 e. The van der Waals surface area contributed by atoms with Crippen molar-refractivity contribution in [3.05, 3.63) is 93.5 Å². The number of carbonyl (C=O) groups excluding carboxylic acids is 1. The summed E-state index contributed by atoms with van der Waals surface area (Å²) in [5, 5.41) is 0. The van der Waals surface area contributed by atoms with Gasteiger partial charge >= 0.3 is 0 Å². The number of carbonyl (C=O) groups is 1. The van der Waals surface area contributed by atoms with E-state index >= 15 is 0 Å². The number of ketones is 1. The van der Waals surface area contributed by atoms with Crippen molar-refractivity contribution in [2.75, 3.05) is 0 Å². The summed E-state index contributed by atoms with van der Waals surface area (Å²) in [6.45, 7) is 4.56. The van der Waals surface area contributed by atoms with Gasteiger partial charge in [-0.1, -0.05) is 118 Å². The highest BCUT2D eigenvalue weighted by Gasteiger charge is 2.42. The third kappa shape index (κ3) is 5.08. The van der Waals surface area contributed by atoms with E-state index in [0.717, 1.165) is 15.6 Å². The first-order valence-electron chi connectivity index (χ1n) is 13.2. The van der Waals surface area contributed by atoms with Crippen molar-refractivity contribution < 1.29 is 4.79 Å². The van der Waals surface area contributed by atoms with Gasteiger partial charge in [-0.3, -0.25) is 4.79 Å². The van der Waals surface area contributed by atoms with Crippen molar-refractivity contribution in [3.63, 3.8) is 0 Å². The molecule has 1 aliphatic carbocycles. The summed E-state index contributed by atoms with van der Waals surface area (Å²) in [4.78, 5) is 13.4. The van der Waals surface area contributed by atoms with Gasteiger partial charge in [0, 0.05) is 21.0 Å². The van der Waals surface area contributed by atoms with Crippen LogP contribution in [0.1, 0.15) is 105 Å². The largest absolute Gasteiger partial charge is 0.289 e. The molecule has 0 N–H and O–H groups in total. The minimum absolute atomic E-state index is 0.0173. The Balaban J connectivity index is 1.76. The number of unbranched alkanes of at least 4 members (excludes halogenated alkanes) is 6. The molecular formula is C32H37BrO. The second-order valence-corrected chi connectivity index (χ2v) is 10.8. The first kappa shape index (κ1) is 24.9. The predicted molar refractivity (Wildman–Crippen MR) is 148 cm³/mol. The molecule has 3 aromatic carbocycles. The number of hydrogen-bond donors (Lipinski definition) is 0. The molecule has 1 aliphatic rings. The molecule has 3 aromatic rings. The van der Waals surface area contributed by atoms with Gasteiger partial charge in [-0.05, 0) is 65.4 Å². The van der Waals surface area contributed by atoms with Crippen LogP contribution in [0.15, 0.2) is 71.2 Å². The van der Waals surface area contributed by atoms with E-state index in [9.17, 15) is 4.79 Å². The van der Waals surface area contributed by atoms with Gasteiger partial charge in [-0.2, -0.15) is 0 Å². The number of hydrogen-bond acceptors (Lipinski definition) is 1. The van der Waals surface area contributed by atoms with Crippen molar-refractivity contribution in [2.45, 2.75) is 83.5 Å². The van der Waals surface area contributed by atoms with Crippen LogP contribution < -0.4 is 0 Å². The molecule has 0 fully saturated rings. The maximum atomic E-state index is 13.4. The van der Waals surface area contributed by atoms with Crippen LogP contribution in [0.2, 0.25) is 0 Å². The summed E-state index contributed by atoms with van der Waals surface area (Å²) in [6.07, 6.45) is 12.5. The Hall–Kier alpha value is -2.19. The first-order valence-corrected chi connectivity index (χ1v) is 13.9. The van der Waals surface area contributed by atoms with Crippen LogP contribution in [0, 0.1) is 0 Å². The summed E-state index contributed by atoms with van der Waals surface area (Å²) in [6, 6.07) is 23.2. The molecule has 0 heterocycles. The molecule has 34 heavy (non-hydrogen) atoms. The van der Waals surface area contributed by atoms with Crippen LogP contribution in [0.5, 0.6) is 0 Å². The van der Waals surface area contributed by atoms with E-state index in [1.807, 2.05) is 30.3 Å². The third-order valence-electron chi connectivity index (χ3n) is 7.55. The lowest BCUT2D eigenvalue weighted by molar-refractivity contribution is 0.103. The van der Waals surface area contributed by atoms with Gasteiger partial charge in [0.1, 0.15) is 0 Å². The fourth-order valence-corrected chi connectivity index (χ4v) is 6.00. The highest BCUT2D eigenvalue weighted by atomic mass is 79.9. The number of benzene rings is 3. The zero-order valence-corrected chi connectivity index (χ0v) is 22.3. The highest BCUT2D eigenvalue weighted by Crippen LogP contribution is 2.54. The standard InChI is InChI=1S/C32H37BrO/c1-3-5-7-11-21-32(22-12-8-6-4-2)29-14-10-9-13-27(29)28-20-17-25(23-30(28)32)31(34)24-15-18-26(33)19-16-24/h9-10,13-20,23H,3-8,11-12,21-22H2,1-2H3. The summed E-state index contributed by atoms with van der Waals surface area (Å²) in [7, 11) is 0. The molecule has 0 amide bonds. The van der Waals surface area contributed by atoms with Crippen molar-refractivity contribution in [2.24, 2.45) is 0 Å². The fraction of sp³-hybridized carbons (Fsp3) is 0.406. The minimum Gasteiger partial charge on any atom is -0.289 e. The normalized spacial score (nSPS) is 13.5. The lowest BCUT2D eigenvalue weighted by atomic mass is 9.70. The topological polar surface area (TPSA) is 17.1 Å². The molecule has 2 heteroatoms. The molecule has 0 radical (unpaired) electrons. The molecule has 4 rings (SSSR count). The van der Waals surface area contributed by atoms with Gasteiger partial charge in [0.2, 0.25) is 0 Å². The molecule has 0 bridgehead atoms. The van der Waals surface area contributed by atoms with Crippen molar-refractivity contribution >= 4 is 21.7 Å². The molecule has 0 aromatic heterocycles. The Kier molecular flexibility index (Phi) is 8.42. The van der Waals surface area contributed by atoms with E-state index in [-0.39, 0.29) is 11.2 Å². The Labute approximate surface area is 214 Å². The number of rotatable bonds is 12. The van der Waals surface area contributed by atoms with Crippen molar-refractivity contribution in [1.82, 2.24) is 0 Å². The summed E-state index contributed by atoms with van der Waals surface area (Å²) in [5.74, 6) is 0.108. The van der Waals surface area contributed by atoms with E-state index in [0.29, 0.717) is 0 Å². The maximum absolute atomic E-state index is 13.4. The van der Waals surface area contributed by atoms with Crippen LogP contribution in [0.4, 0.5) is 0 Å². The van der Waals surface area contributed by atoms with E-state index < -0.39 is 0 Å². The number of halogens is 1. The molecule has 0 saturated heterocycles. The van der Waals surface area contributed by atoms with Crippen LogP contribution in [0.3, 0.4) is 0 Å². The van der Waals surface area contributed by atoms with Crippen molar-refractivity contribution in [1.29, 1.82) is 0 Å². The van der Waals surface area contributed by atoms with Gasteiger partial charge in [0.15, 0.2) is 5.78 Å². The van der Waals surface area contributed by atoms with E-state index in [1.165, 1.54) is 86.5 Å². The lowest BCUT2D eigenvalue weighted by Crippen LogP contribution is -2.26. The average Bonchev–Trinajstić information content (AvgIpc) is 3.14. The van der Waals surface area contributed by atoms with Gasteiger partial charge in [0.25, 0.3) is 0 Å². The van der Waals surface area contributed by atoms with Gasteiger partial charge in [0.05, 0.1) is 0 Å². The quantitative estimate of drug-likeness (QED) is 0.173. The van der Waals surface area contributed by atoms with Crippen molar-refractivity contribution in [3.8, 4) is 11.1 Å². The van der Waals surface area contributed by atoms with Crippen LogP contribution in [-0.2, 0) is 5.41 Å². The minimum atomic E-state index is 0.0173. The third-order valence-corrected chi connectivity index (χ3v) is 8.08. The lowest BCUT2D eigenvalue weighted by Gasteiger charge is -2.33. The van der Waals surface area contributed by atoms with Gasteiger partial charge in [-0.15, -0.1) is 0 Å². The highest BCUT2D eigenvalue weighted by molar-refractivity contribution is 9.10. The Morgan fingerprint density at radius 1 is 0.676 bits per heavy atom. The van der Waals surface area contributed by atoms with E-state index in [2.05, 4.69) is 66.2 Å². The molecular weight excluding hydrogens is 480 g/mol. The zero-order chi connectivity index (χ0) is 24.0. The molecule has 0 spiro atoms. The van der Waals surface area contributed by atoms with Crippen LogP contribution in [0.25, 0.3) is 11.1 Å². The summed E-state index contributed by atoms with van der Waals surface area (Å²) in [5.41, 5.74) is 7.12. The Morgan fingerprint density at radius 2 is 1.26 bits per heavy atom. The van der Waals surface area contributed by atoms with E-state index in [1.54, 1.807) is 0 Å². The average molecular weight is 518 g/mol. The smallest absolute Gasteiger partial charge is 0.193 e. The second-order valence-electron chi connectivity index (χ2n) is 9.85. The molecule has 178 valence electrons. The summed E-state index contributed by atoms with van der Waals surface area (Å²) < 4.78 is 0.992. The Morgan fingerprint density at radius 3 is 1.91 bits per heavy atom. The van der Waals surface area contributed by atoms with Gasteiger partial charge < -0.3 is 0 Å². The van der Waals surface area contributed by atoms with Crippen LogP contribution in [-0.4, -0.2) is 5.78 Å². The monoisotopic (exact) mass is 516 g/mol. The van der Waals surface area contributed by atoms with Crippen LogP contribution >= 0.6 is 15.9 Å².